The summed E-state index contributed by atoms with van der Waals surface area (Å²) in [6, 6.07) is 0. The predicted molar refractivity (Wildman–Crippen MR) is 67.4 cm³/mol. The van der Waals surface area contributed by atoms with Gasteiger partial charge in [0.1, 0.15) is 3.26 Å². The van der Waals surface area contributed by atoms with Crippen molar-refractivity contribution in [2.45, 2.75) is 10.2 Å². The van der Waals surface area contributed by atoms with Crippen LogP contribution in [-0.4, -0.2) is 49.4 Å². The van der Waals surface area contributed by atoms with Gasteiger partial charge in [-0.3, -0.25) is 4.90 Å². The number of sulfone groups is 1. The van der Waals surface area contributed by atoms with Crippen LogP contribution in [0, 0.1) is 11.2 Å². The summed E-state index contributed by atoms with van der Waals surface area (Å²) in [4.78, 5) is 2.09. The van der Waals surface area contributed by atoms with E-state index in [-0.39, 0.29) is 0 Å². The number of hydrogen-bond donors (Lipinski definition) is 0. The number of ether oxygens (including phenoxy) is 1. The second-order valence-electron chi connectivity index (χ2n) is 3.26. The lowest BCUT2D eigenvalue weighted by Gasteiger charge is -2.24. The van der Waals surface area contributed by atoms with Crippen molar-refractivity contribution in [1.82, 2.24) is 4.90 Å². The zero-order chi connectivity index (χ0) is 11.3. The van der Waals surface area contributed by atoms with E-state index in [1.165, 1.54) is 0 Å². The molecule has 86 valence electrons. The van der Waals surface area contributed by atoms with E-state index in [2.05, 4.69) is 16.1 Å². The molecule has 0 aromatic heterocycles. The van der Waals surface area contributed by atoms with E-state index in [1.54, 1.807) is 6.92 Å². The van der Waals surface area contributed by atoms with Crippen LogP contribution in [0.25, 0.3) is 0 Å². The Labute approximate surface area is 104 Å². The van der Waals surface area contributed by atoms with Crippen LogP contribution in [0.1, 0.15) is 6.92 Å². The molecule has 4 nitrogen and oxygen atoms in total. The van der Waals surface area contributed by atoms with Crippen molar-refractivity contribution in [3.05, 3.63) is 0 Å². The SMILES string of the molecule is CC(I)S(=O)(=O)C#CCN1CCOCC1. The molecule has 1 saturated heterocycles. The number of alkyl halides is 1. The van der Waals surface area contributed by atoms with Crippen LogP contribution in [0.5, 0.6) is 0 Å². The highest BCUT2D eigenvalue weighted by molar-refractivity contribution is 14.1. The molecular formula is C9H14INO3S. The second kappa shape index (κ2) is 6.03. The Morgan fingerprint density at radius 3 is 2.60 bits per heavy atom. The van der Waals surface area contributed by atoms with Gasteiger partial charge < -0.3 is 4.74 Å². The van der Waals surface area contributed by atoms with E-state index >= 15 is 0 Å². The number of morpholine rings is 1. The molecule has 1 fully saturated rings. The summed E-state index contributed by atoms with van der Waals surface area (Å²) < 4.78 is 27.4. The van der Waals surface area contributed by atoms with Crippen LogP contribution in [0.3, 0.4) is 0 Å². The lowest BCUT2D eigenvalue weighted by atomic mass is 10.4. The fourth-order valence-electron chi connectivity index (χ4n) is 1.09. The summed E-state index contributed by atoms with van der Waals surface area (Å²) in [5.41, 5.74) is 0. The first-order chi connectivity index (χ1) is 7.02. The number of nitrogens with zero attached hydrogens (tertiary/aromatic N) is 1. The van der Waals surface area contributed by atoms with E-state index in [9.17, 15) is 8.42 Å². The smallest absolute Gasteiger partial charge is 0.228 e. The zero-order valence-corrected chi connectivity index (χ0v) is 11.5. The molecule has 1 rings (SSSR count). The molecule has 15 heavy (non-hydrogen) atoms. The number of rotatable bonds is 2. The summed E-state index contributed by atoms with van der Waals surface area (Å²) in [5.74, 6) is 2.70. The van der Waals surface area contributed by atoms with Crippen LogP contribution in [0.15, 0.2) is 0 Å². The minimum atomic E-state index is -3.23. The Bertz CT molecular complexity index is 349. The average molecular weight is 343 g/mol. The average Bonchev–Trinajstić information content (AvgIpc) is 2.19. The third kappa shape index (κ3) is 4.68. The van der Waals surface area contributed by atoms with Gasteiger partial charge in [-0.1, -0.05) is 28.5 Å². The first-order valence-corrected chi connectivity index (χ1v) is 7.49. The van der Waals surface area contributed by atoms with Gasteiger partial charge >= 0.3 is 0 Å². The van der Waals surface area contributed by atoms with E-state index in [0.717, 1.165) is 13.1 Å². The van der Waals surface area contributed by atoms with Crippen LogP contribution in [0.4, 0.5) is 0 Å². The van der Waals surface area contributed by atoms with E-state index in [0.29, 0.717) is 19.8 Å². The fourth-order valence-corrected chi connectivity index (χ4v) is 1.89. The maximum Gasteiger partial charge on any atom is 0.228 e. The molecule has 0 spiro atoms. The van der Waals surface area contributed by atoms with E-state index in [4.69, 9.17) is 4.74 Å². The third-order valence-corrected chi connectivity index (χ3v) is 5.34. The van der Waals surface area contributed by atoms with Crippen LogP contribution in [0.2, 0.25) is 0 Å². The van der Waals surface area contributed by atoms with Gasteiger partial charge in [0.15, 0.2) is 0 Å². The topological polar surface area (TPSA) is 46.6 Å². The Morgan fingerprint density at radius 1 is 1.47 bits per heavy atom. The van der Waals surface area contributed by atoms with Gasteiger partial charge in [-0.25, -0.2) is 8.42 Å². The molecule has 1 unspecified atom stereocenters. The number of hydrogen-bond acceptors (Lipinski definition) is 4. The molecule has 0 N–H and O–H groups in total. The highest BCUT2D eigenvalue weighted by Gasteiger charge is 2.14. The third-order valence-electron chi connectivity index (χ3n) is 2.05. The van der Waals surface area contributed by atoms with Crippen molar-refractivity contribution in [3.63, 3.8) is 0 Å². The first kappa shape index (κ1) is 13.2. The van der Waals surface area contributed by atoms with Crippen molar-refractivity contribution in [3.8, 4) is 11.2 Å². The normalized spacial score (nSPS) is 20.4. The summed E-state index contributed by atoms with van der Waals surface area (Å²) >= 11 is 1.86. The van der Waals surface area contributed by atoms with Gasteiger partial charge in [0.05, 0.1) is 19.8 Å². The predicted octanol–water partition coefficient (Wildman–Crippen LogP) is 0.475. The van der Waals surface area contributed by atoms with Crippen LogP contribution >= 0.6 is 22.6 Å². The lowest BCUT2D eigenvalue weighted by molar-refractivity contribution is 0.0443. The van der Waals surface area contributed by atoms with Gasteiger partial charge in [0, 0.05) is 18.3 Å². The summed E-state index contributed by atoms with van der Waals surface area (Å²) in [5, 5.41) is 2.34. The maximum atomic E-state index is 11.3. The fraction of sp³-hybridized carbons (Fsp3) is 0.778. The Morgan fingerprint density at radius 2 is 2.07 bits per heavy atom. The highest BCUT2D eigenvalue weighted by Crippen LogP contribution is 2.07. The van der Waals surface area contributed by atoms with Gasteiger partial charge in [-0.2, -0.15) is 0 Å². The molecule has 1 aliphatic heterocycles. The van der Waals surface area contributed by atoms with Crippen molar-refractivity contribution in [1.29, 1.82) is 0 Å². The molecule has 1 atom stereocenters. The second-order valence-corrected chi connectivity index (χ2v) is 7.97. The Hall–Kier alpha value is 0.160. The maximum absolute atomic E-state index is 11.3. The van der Waals surface area contributed by atoms with Gasteiger partial charge in [-0.15, -0.1) is 0 Å². The van der Waals surface area contributed by atoms with Crippen molar-refractivity contribution in [2.24, 2.45) is 0 Å². The minimum absolute atomic E-state index is 0.452. The van der Waals surface area contributed by atoms with Gasteiger partial charge in [0.2, 0.25) is 9.84 Å². The molecule has 1 aliphatic rings. The standard InChI is InChI=1S/C9H14INO3S/c1-9(10)15(12,13)8-2-3-11-4-6-14-7-5-11/h9H,3-7H2,1H3. The summed E-state index contributed by atoms with van der Waals surface area (Å²) in [6.45, 7) is 5.20. The molecule has 0 amide bonds. The molecule has 1 heterocycles. The molecule has 0 radical (unpaired) electrons. The van der Waals surface area contributed by atoms with Gasteiger partial charge in [-0.05, 0) is 6.92 Å². The summed E-state index contributed by atoms with van der Waals surface area (Å²) in [7, 11) is -3.23. The lowest BCUT2D eigenvalue weighted by Crippen LogP contribution is -2.36. The van der Waals surface area contributed by atoms with Crippen molar-refractivity contribution in [2.75, 3.05) is 32.8 Å². The molecule has 0 aromatic carbocycles. The van der Waals surface area contributed by atoms with E-state index < -0.39 is 13.1 Å². The van der Waals surface area contributed by atoms with Crippen molar-refractivity contribution >= 4 is 32.4 Å². The molecule has 0 bridgehead atoms. The molecular weight excluding hydrogens is 329 g/mol. The zero-order valence-electron chi connectivity index (χ0n) is 8.57. The number of halogens is 1. The first-order valence-electron chi connectivity index (χ1n) is 4.70. The van der Waals surface area contributed by atoms with Crippen LogP contribution < -0.4 is 0 Å². The molecule has 0 aromatic rings. The summed E-state index contributed by atoms with van der Waals surface area (Å²) in [6.07, 6.45) is 0. The van der Waals surface area contributed by atoms with Crippen LogP contribution in [-0.2, 0) is 14.6 Å². The largest absolute Gasteiger partial charge is 0.379 e. The van der Waals surface area contributed by atoms with Gasteiger partial charge in [0.25, 0.3) is 0 Å². The highest BCUT2D eigenvalue weighted by atomic mass is 127. The molecule has 6 heteroatoms. The minimum Gasteiger partial charge on any atom is -0.379 e. The van der Waals surface area contributed by atoms with E-state index in [1.807, 2.05) is 22.6 Å². The monoisotopic (exact) mass is 343 g/mol. The molecule has 0 saturated carbocycles. The molecule has 0 aliphatic carbocycles. The quantitative estimate of drug-likeness (QED) is 0.317. The Balaban J connectivity index is 2.45. The van der Waals surface area contributed by atoms with Crippen molar-refractivity contribution < 1.29 is 13.2 Å². The Kier molecular flexibility index (Phi) is 5.32.